The number of carbonyl (C=O) groups is 3. The van der Waals surface area contributed by atoms with Gasteiger partial charge in [-0.15, -0.1) is 0 Å². The zero-order valence-electron chi connectivity index (χ0n) is 13.1. The summed E-state index contributed by atoms with van der Waals surface area (Å²) in [5, 5.41) is 4.07. The Morgan fingerprint density at radius 2 is 1.61 bits per heavy atom. The maximum Gasteiger partial charge on any atom is 0.328 e. The van der Waals surface area contributed by atoms with Gasteiger partial charge in [0.1, 0.15) is 11.3 Å². The van der Waals surface area contributed by atoms with Gasteiger partial charge >= 0.3 is 6.03 Å². The van der Waals surface area contributed by atoms with Crippen LogP contribution in [0.2, 0.25) is 0 Å². The van der Waals surface area contributed by atoms with Crippen molar-refractivity contribution < 1.29 is 19.1 Å². The smallest absolute Gasteiger partial charge is 0.328 e. The summed E-state index contributed by atoms with van der Waals surface area (Å²) in [5.41, 5.74) is 0.579. The van der Waals surface area contributed by atoms with E-state index in [-0.39, 0.29) is 5.57 Å². The van der Waals surface area contributed by atoms with Gasteiger partial charge in [-0.2, -0.15) is 0 Å². The van der Waals surface area contributed by atoms with Gasteiger partial charge in [0, 0.05) is 0 Å². The third-order valence-corrected chi connectivity index (χ3v) is 3.40. The minimum absolute atomic E-state index is 0.0992. The lowest BCUT2D eigenvalue weighted by atomic mass is 10.1. The summed E-state index contributed by atoms with van der Waals surface area (Å²) in [6, 6.07) is 6.28. The van der Waals surface area contributed by atoms with Gasteiger partial charge in [-0.05, 0) is 30.2 Å². The predicted molar refractivity (Wildman–Crippen MR) is 85.7 cm³/mol. The molecule has 6 nitrogen and oxygen atoms in total. The van der Waals surface area contributed by atoms with Crippen molar-refractivity contribution in [2.24, 2.45) is 0 Å². The number of carbonyl (C=O) groups excluding carboxylic acids is 3. The minimum atomic E-state index is -0.802. The number of urea groups is 1. The summed E-state index contributed by atoms with van der Waals surface area (Å²) in [6.07, 6.45) is 6.01. The molecule has 0 spiro atoms. The average molecular weight is 316 g/mol. The molecule has 0 unspecified atom stereocenters. The third kappa shape index (κ3) is 4.95. The average Bonchev–Trinajstić information content (AvgIpc) is 2.52. The van der Waals surface area contributed by atoms with Gasteiger partial charge < -0.3 is 4.74 Å². The van der Waals surface area contributed by atoms with Gasteiger partial charge in [-0.3, -0.25) is 20.2 Å². The fraction of sp³-hybridized carbons (Fsp3) is 0.353. The summed E-state index contributed by atoms with van der Waals surface area (Å²) >= 11 is 0. The number of amides is 4. The fourth-order valence-electron chi connectivity index (χ4n) is 2.15. The molecule has 1 fully saturated rings. The van der Waals surface area contributed by atoms with Crippen molar-refractivity contribution in [3.05, 3.63) is 35.4 Å². The molecule has 1 heterocycles. The molecule has 4 amide bonds. The SMILES string of the molecule is CCCCCCOc1ccc(C=C2C(=O)NC(=O)NC2=O)cc1. The Labute approximate surface area is 134 Å². The van der Waals surface area contributed by atoms with Crippen LogP contribution in [0.3, 0.4) is 0 Å². The van der Waals surface area contributed by atoms with Crippen LogP contribution in [0.15, 0.2) is 29.8 Å². The Bertz CT molecular complexity index is 598. The van der Waals surface area contributed by atoms with Crippen molar-refractivity contribution in [3.8, 4) is 5.75 Å². The number of benzene rings is 1. The van der Waals surface area contributed by atoms with E-state index in [0.29, 0.717) is 12.2 Å². The van der Waals surface area contributed by atoms with Gasteiger partial charge in [0.2, 0.25) is 0 Å². The molecule has 0 aromatic heterocycles. The lowest BCUT2D eigenvalue weighted by molar-refractivity contribution is -0.123. The molecule has 2 N–H and O–H groups in total. The minimum Gasteiger partial charge on any atom is -0.494 e. The van der Waals surface area contributed by atoms with Crippen LogP contribution in [-0.2, 0) is 9.59 Å². The normalized spacial score (nSPS) is 14.3. The molecule has 1 aliphatic rings. The van der Waals surface area contributed by atoms with Gasteiger partial charge in [-0.25, -0.2) is 4.79 Å². The predicted octanol–water partition coefficient (Wildman–Crippen LogP) is 2.40. The molecule has 6 heteroatoms. The van der Waals surface area contributed by atoms with E-state index in [9.17, 15) is 14.4 Å². The first kappa shape index (κ1) is 16.7. The molecule has 2 rings (SSSR count). The molecule has 0 atom stereocenters. The van der Waals surface area contributed by atoms with Crippen molar-refractivity contribution in [1.82, 2.24) is 10.6 Å². The lowest BCUT2D eigenvalue weighted by Gasteiger charge is -2.13. The monoisotopic (exact) mass is 316 g/mol. The van der Waals surface area contributed by atoms with Crippen LogP contribution < -0.4 is 15.4 Å². The molecule has 0 saturated carbocycles. The fourth-order valence-corrected chi connectivity index (χ4v) is 2.15. The maximum absolute atomic E-state index is 11.6. The van der Waals surface area contributed by atoms with Gasteiger partial charge in [0.15, 0.2) is 0 Å². The van der Waals surface area contributed by atoms with Crippen LogP contribution >= 0.6 is 0 Å². The first-order valence-corrected chi connectivity index (χ1v) is 7.71. The molecule has 1 aromatic carbocycles. The summed E-state index contributed by atoms with van der Waals surface area (Å²) in [6.45, 7) is 2.84. The molecular weight excluding hydrogens is 296 g/mol. The lowest BCUT2D eigenvalue weighted by Crippen LogP contribution is -2.51. The quantitative estimate of drug-likeness (QED) is 0.459. The molecule has 122 valence electrons. The number of hydrogen-bond acceptors (Lipinski definition) is 4. The Hall–Kier alpha value is -2.63. The second kappa shape index (κ2) is 8.12. The van der Waals surface area contributed by atoms with E-state index in [1.54, 1.807) is 24.3 Å². The Balaban J connectivity index is 1.94. The summed E-state index contributed by atoms with van der Waals surface area (Å²) in [5.74, 6) is -0.652. The van der Waals surface area contributed by atoms with Crippen molar-refractivity contribution >= 4 is 23.9 Å². The highest BCUT2D eigenvalue weighted by atomic mass is 16.5. The van der Waals surface area contributed by atoms with Crippen LogP contribution in [-0.4, -0.2) is 24.5 Å². The molecular formula is C17H20N2O4. The highest BCUT2D eigenvalue weighted by Crippen LogP contribution is 2.16. The zero-order chi connectivity index (χ0) is 16.7. The summed E-state index contributed by atoms with van der Waals surface area (Å²) in [7, 11) is 0. The van der Waals surface area contributed by atoms with Crippen molar-refractivity contribution in [3.63, 3.8) is 0 Å². The number of ether oxygens (including phenoxy) is 1. The van der Waals surface area contributed by atoms with Crippen molar-refractivity contribution in [1.29, 1.82) is 0 Å². The second-order valence-electron chi connectivity index (χ2n) is 5.27. The number of unbranched alkanes of at least 4 members (excludes halogenated alkanes) is 3. The van der Waals surface area contributed by atoms with Crippen LogP contribution in [0, 0.1) is 0 Å². The largest absolute Gasteiger partial charge is 0.494 e. The Kier molecular flexibility index (Phi) is 5.91. The molecule has 1 saturated heterocycles. The first-order chi connectivity index (χ1) is 11.1. The van der Waals surface area contributed by atoms with Gasteiger partial charge in [0.25, 0.3) is 11.8 Å². The van der Waals surface area contributed by atoms with Gasteiger partial charge in [-0.1, -0.05) is 38.3 Å². The molecule has 0 aliphatic carbocycles. The summed E-state index contributed by atoms with van der Waals surface area (Å²) in [4.78, 5) is 34.2. The Morgan fingerprint density at radius 3 is 2.22 bits per heavy atom. The van der Waals surface area contributed by atoms with E-state index in [2.05, 4.69) is 6.92 Å². The van der Waals surface area contributed by atoms with E-state index < -0.39 is 17.8 Å². The van der Waals surface area contributed by atoms with E-state index in [0.717, 1.165) is 18.6 Å². The van der Waals surface area contributed by atoms with E-state index in [1.807, 2.05) is 10.6 Å². The van der Waals surface area contributed by atoms with Crippen molar-refractivity contribution in [2.45, 2.75) is 32.6 Å². The highest BCUT2D eigenvalue weighted by molar-refractivity contribution is 6.31. The third-order valence-electron chi connectivity index (χ3n) is 3.40. The van der Waals surface area contributed by atoms with Gasteiger partial charge in [0.05, 0.1) is 6.61 Å². The first-order valence-electron chi connectivity index (χ1n) is 7.71. The number of imide groups is 2. The van der Waals surface area contributed by atoms with Crippen LogP contribution in [0.1, 0.15) is 38.2 Å². The van der Waals surface area contributed by atoms with Crippen LogP contribution in [0.25, 0.3) is 6.08 Å². The number of rotatable bonds is 7. The molecule has 0 bridgehead atoms. The number of hydrogen-bond donors (Lipinski definition) is 2. The summed E-state index contributed by atoms with van der Waals surface area (Å²) < 4.78 is 5.63. The van der Waals surface area contributed by atoms with Crippen LogP contribution in [0.4, 0.5) is 4.79 Å². The van der Waals surface area contributed by atoms with E-state index in [1.165, 1.54) is 18.9 Å². The number of nitrogens with one attached hydrogen (secondary N) is 2. The Morgan fingerprint density at radius 1 is 0.957 bits per heavy atom. The topological polar surface area (TPSA) is 84.5 Å². The van der Waals surface area contributed by atoms with Crippen molar-refractivity contribution in [2.75, 3.05) is 6.61 Å². The molecule has 0 radical (unpaired) electrons. The standard InChI is InChI=1S/C17H20N2O4/c1-2-3-4-5-10-23-13-8-6-12(7-9-13)11-14-15(20)18-17(22)19-16(14)21/h6-9,11H,2-5,10H2,1H3,(H2,18,19,20,21,22). The second-order valence-corrected chi connectivity index (χ2v) is 5.27. The molecule has 1 aliphatic heterocycles. The van der Waals surface area contributed by atoms with E-state index in [4.69, 9.17) is 4.74 Å². The highest BCUT2D eigenvalue weighted by Gasteiger charge is 2.27. The zero-order valence-corrected chi connectivity index (χ0v) is 13.1. The molecule has 1 aromatic rings. The van der Waals surface area contributed by atoms with E-state index >= 15 is 0 Å². The van der Waals surface area contributed by atoms with Crippen LogP contribution in [0.5, 0.6) is 5.75 Å². The number of barbiturate groups is 1. The molecule has 23 heavy (non-hydrogen) atoms. The maximum atomic E-state index is 11.6.